The predicted octanol–water partition coefficient (Wildman–Crippen LogP) is 3.28. The monoisotopic (exact) mass is 266 g/mol. The molecule has 0 aromatic heterocycles. The summed E-state index contributed by atoms with van der Waals surface area (Å²) >= 11 is 0. The van der Waals surface area contributed by atoms with Crippen LogP contribution in [0.2, 0.25) is 0 Å². The topological polar surface area (TPSA) is 60.7 Å². The Morgan fingerprint density at radius 2 is 1.47 bits per heavy atom. The Balaban J connectivity index is 2.50. The molecule has 3 heteroatoms. The number of aliphatic hydroxyl groups excluding tert-OH is 2. The maximum atomic E-state index is 10.1. The average molecular weight is 266 g/mol. The number of benzene rings is 1. The molecule has 0 atom stereocenters. The Kier molecular flexibility index (Phi) is 7.53. The third kappa shape index (κ3) is 4.84. The van der Waals surface area contributed by atoms with E-state index >= 15 is 0 Å². The second-order valence-electron chi connectivity index (χ2n) is 5.04. The Labute approximate surface area is 115 Å². The number of aliphatic hydroxyl groups is 2. The lowest BCUT2D eigenvalue weighted by Gasteiger charge is -2.12. The van der Waals surface area contributed by atoms with Gasteiger partial charge in [0.1, 0.15) is 5.75 Å². The van der Waals surface area contributed by atoms with Gasteiger partial charge in [-0.3, -0.25) is 0 Å². The molecule has 0 heterocycles. The molecule has 0 saturated heterocycles. The zero-order valence-corrected chi connectivity index (χ0v) is 11.9. The largest absolute Gasteiger partial charge is 0.507 e. The molecule has 0 aliphatic carbocycles. The van der Waals surface area contributed by atoms with Crippen molar-refractivity contribution < 1.29 is 15.3 Å². The van der Waals surface area contributed by atoms with Crippen molar-refractivity contribution in [1.29, 1.82) is 0 Å². The third-order valence-corrected chi connectivity index (χ3v) is 3.59. The molecule has 0 aliphatic rings. The van der Waals surface area contributed by atoms with Gasteiger partial charge in [0.15, 0.2) is 0 Å². The summed E-state index contributed by atoms with van der Waals surface area (Å²) in [5, 5.41) is 28.5. The molecule has 108 valence electrons. The smallest absolute Gasteiger partial charge is 0.124 e. The van der Waals surface area contributed by atoms with Gasteiger partial charge in [-0.25, -0.2) is 0 Å². The number of hydrogen-bond donors (Lipinski definition) is 3. The molecule has 0 bridgehead atoms. The van der Waals surface area contributed by atoms with Gasteiger partial charge in [0.05, 0.1) is 13.2 Å². The van der Waals surface area contributed by atoms with Crippen LogP contribution in [0.5, 0.6) is 5.75 Å². The number of hydrogen-bond acceptors (Lipinski definition) is 3. The van der Waals surface area contributed by atoms with Crippen molar-refractivity contribution in [3.05, 3.63) is 28.8 Å². The van der Waals surface area contributed by atoms with E-state index in [1.54, 1.807) is 6.07 Å². The van der Waals surface area contributed by atoms with Gasteiger partial charge in [-0.15, -0.1) is 0 Å². The van der Waals surface area contributed by atoms with E-state index in [0.717, 1.165) is 18.4 Å². The number of unbranched alkanes of at least 4 members (excludes halogenated alkanes) is 5. The summed E-state index contributed by atoms with van der Waals surface area (Å²) in [7, 11) is 0. The number of phenols is 1. The molecular weight excluding hydrogens is 240 g/mol. The molecule has 1 rings (SSSR count). The lowest BCUT2D eigenvalue weighted by Crippen LogP contribution is -1.98. The van der Waals surface area contributed by atoms with Crippen molar-refractivity contribution in [2.24, 2.45) is 0 Å². The second kappa shape index (κ2) is 8.94. The van der Waals surface area contributed by atoms with Crippen LogP contribution in [-0.2, 0) is 19.6 Å². The molecule has 0 fully saturated rings. The Bertz CT molecular complexity index is 375. The Hall–Kier alpha value is -1.06. The van der Waals surface area contributed by atoms with E-state index in [1.807, 2.05) is 6.07 Å². The zero-order chi connectivity index (χ0) is 14.1. The minimum atomic E-state index is -0.230. The van der Waals surface area contributed by atoms with Crippen LogP contribution < -0.4 is 0 Å². The molecule has 3 nitrogen and oxygen atoms in total. The van der Waals surface area contributed by atoms with Crippen molar-refractivity contribution in [1.82, 2.24) is 0 Å². The summed E-state index contributed by atoms with van der Waals surface area (Å²) in [6, 6.07) is 3.64. The highest BCUT2D eigenvalue weighted by molar-refractivity contribution is 5.45. The van der Waals surface area contributed by atoms with Crippen LogP contribution in [0, 0.1) is 0 Å². The summed E-state index contributed by atoms with van der Waals surface area (Å²) in [6.07, 6.45) is 8.14. The fraction of sp³-hybridized carbons (Fsp3) is 0.625. The van der Waals surface area contributed by atoms with Crippen molar-refractivity contribution in [2.75, 3.05) is 0 Å². The zero-order valence-electron chi connectivity index (χ0n) is 11.9. The van der Waals surface area contributed by atoms with Gasteiger partial charge in [-0.1, -0.05) is 51.2 Å². The maximum absolute atomic E-state index is 10.1. The van der Waals surface area contributed by atoms with E-state index in [2.05, 4.69) is 6.92 Å². The fourth-order valence-corrected chi connectivity index (χ4v) is 2.35. The quantitative estimate of drug-likeness (QED) is 0.601. The van der Waals surface area contributed by atoms with E-state index in [9.17, 15) is 10.2 Å². The van der Waals surface area contributed by atoms with Crippen LogP contribution in [0.25, 0.3) is 0 Å². The molecule has 0 aliphatic heterocycles. The normalized spacial score (nSPS) is 10.9. The van der Waals surface area contributed by atoms with E-state index in [0.29, 0.717) is 11.1 Å². The molecule has 0 spiro atoms. The van der Waals surface area contributed by atoms with Gasteiger partial charge < -0.3 is 15.3 Å². The Morgan fingerprint density at radius 3 is 2.11 bits per heavy atom. The minimum Gasteiger partial charge on any atom is -0.507 e. The standard InChI is InChI=1S/C16H26O3/c1-2-3-4-5-6-7-8-13-9-10-14(11-17)15(12-18)16(13)19/h9-10,17-19H,2-8,11-12H2,1H3. The van der Waals surface area contributed by atoms with E-state index in [1.165, 1.54) is 32.1 Å². The molecule has 3 N–H and O–H groups in total. The summed E-state index contributed by atoms with van der Waals surface area (Å²) in [4.78, 5) is 0. The molecule has 19 heavy (non-hydrogen) atoms. The fourth-order valence-electron chi connectivity index (χ4n) is 2.35. The Morgan fingerprint density at radius 1 is 0.842 bits per heavy atom. The van der Waals surface area contributed by atoms with Crippen molar-refractivity contribution >= 4 is 0 Å². The van der Waals surface area contributed by atoms with Gasteiger partial charge in [-0.05, 0) is 24.0 Å². The van der Waals surface area contributed by atoms with Crippen molar-refractivity contribution in [2.45, 2.75) is 65.1 Å². The first kappa shape index (κ1) is 16.0. The maximum Gasteiger partial charge on any atom is 0.124 e. The third-order valence-electron chi connectivity index (χ3n) is 3.59. The van der Waals surface area contributed by atoms with Crippen LogP contribution in [0.1, 0.15) is 62.1 Å². The lowest BCUT2D eigenvalue weighted by molar-refractivity contribution is 0.254. The summed E-state index contributed by atoms with van der Waals surface area (Å²) in [6.45, 7) is 1.82. The molecular formula is C16H26O3. The highest BCUT2D eigenvalue weighted by atomic mass is 16.3. The van der Waals surface area contributed by atoms with E-state index in [4.69, 9.17) is 5.11 Å². The average Bonchev–Trinajstić information content (AvgIpc) is 2.43. The van der Waals surface area contributed by atoms with E-state index in [-0.39, 0.29) is 19.0 Å². The number of rotatable bonds is 9. The first-order valence-corrected chi connectivity index (χ1v) is 7.28. The van der Waals surface area contributed by atoms with Gasteiger partial charge in [-0.2, -0.15) is 0 Å². The van der Waals surface area contributed by atoms with Gasteiger partial charge in [0.2, 0.25) is 0 Å². The highest BCUT2D eigenvalue weighted by Crippen LogP contribution is 2.28. The molecule has 0 unspecified atom stereocenters. The molecule has 0 saturated carbocycles. The van der Waals surface area contributed by atoms with Gasteiger partial charge in [0.25, 0.3) is 0 Å². The van der Waals surface area contributed by atoms with Crippen molar-refractivity contribution in [3.63, 3.8) is 0 Å². The first-order valence-electron chi connectivity index (χ1n) is 7.28. The SMILES string of the molecule is CCCCCCCCc1ccc(CO)c(CO)c1O. The molecule has 0 amide bonds. The molecule has 1 aromatic rings. The van der Waals surface area contributed by atoms with Crippen LogP contribution in [0.3, 0.4) is 0 Å². The minimum absolute atomic E-state index is 0.152. The summed E-state index contributed by atoms with van der Waals surface area (Å²) in [5.74, 6) is 0.155. The predicted molar refractivity (Wildman–Crippen MR) is 77.0 cm³/mol. The number of aromatic hydroxyl groups is 1. The second-order valence-corrected chi connectivity index (χ2v) is 5.04. The summed E-state index contributed by atoms with van der Waals surface area (Å²) in [5.41, 5.74) is 1.94. The first-order chi connectivity index (χ1) is 9.24. The van der Waals surface area contributed by atoms with Crippen LogP contribution in [0.4, 0.5) is 0 Å². The van der Waals surface area contributed by atoms with Crippen LogP contribution in [-0.4, -0.2) is 15.3 Å². The van der Waals surface area contributed by atoms with Crippen LogP contribution in [0.15, 0.2) is 12.1 Å². The van der Waals surface area contributed by atoms with Gasteiger partial charge in [0, 0.05) is 5.56 Å². The lowest BCUT2D eigenvalue weighted by atomic mass is 9.98. The molecule has 0 radical (unpaired) electrons. The van der Waals surface area contributed by atoms with Gasteiger partial charge >= 0.3 is 0 Å². The molecule has 1 aromatic carbocycles. The highest BCUT2D eigenvalue weighted by Gasteiger charge is 2.11. The summed E-state index contributed by atoms with van der Waals surface area (Å²) < 4.78 is 0. The van der Waals surface area contributed by atoms with Crippen molar-refractivity contribution in [3.8, 4) is 5.75 Å². The number of aryl methyl sites for hydroxylation is 1. The van der Waals surface area contributed by atoms with E-state index < -0.39 is 0 Å². The van der Waals surface area contributed by atoms with Crippen LogP contribution >= 0.6 is 0 Å².